The molecule has 1 aromatic rings. The third kappa shape index (κ3) is 2.73. The molecule has 0 aliphatic carbocycles. The minimum Gasteiger partial charge on any atom is -0.493 e. The number of hydrogen-bond acceptors (Lipinski definition) is 3. The molecule has 0 saturated carbocycles. The average molecular weight is 246 g/mol. The molecule has 0 N–H and O–H groups in total. The first kappa shape index (κ1) is 12.7. The molecule has 0 aromatic heterocycles. The number of carbonyl (C=O) groups is 1. The fraction of sp³-hybridized carbons (Fsp3) is 0.400. The lowest BCUT2D eigenvalue weighted by atomic mass is 10.1. The summed E-state index contributed by atoms with van der Waals surface area (Å²) in [5, 5.41) is 0. The van der Waals surface area contributed by atoms with E-state index in [0.717, 1.165) is 23.5 Å². The zero-order valence-electron chi connectivity index (χ0n) is 11.0. The van der Waals surface area contributed by atoms with E-state index in [1.165, 1.54) is 12.5 Å². The van der Waals surface area contributed by atoms with Crippen molar-refractivity contribution in [3.8, 4) is 11.5 Å². The Labute approximate surface area is 107 Å². The Kier molecular flexibility index (Phi) is 3.70. The van der Waals surface area contributed by atoms with Crippen molar-refractivity contribution in [2.75, 3.05) is 6.61 Å². The maximum Gasteiger partial charge on any atom is 0.152 e. The molecule has 96 valence electrons. The van der Waals surface area contributed by atoms with E-state index < -0.39 is 0 Å². The van der Waals surface area contributed by atoms with E-state index in [9.17, 15) is 4.79 Å². The molecule has 1 unspecified atom stereocenters. The van der Waals surface area contributed by atoms with Crippen molar-refractivity contribution in [3.63, 3.8) is 0 Å². The SMILES string of the molecule is CCOc1cc2c(cc1C=CC(C)=O)OC(C)C2. The number of benzene rings is 1. The molecule has 0 saturated heterocycles. The summed E-state index contributed by atoms with van der Waals surface area (Å²) in [5.41, 5.74) is 2.06. The second-order valence-electron chi connectivity index (χ2n) is 4.51. The first-order valence-electron chi connectivity index (χ1n) is 6.25. The first-order valence-corrected chi connectivity index (χ1v) is 6.25. The summed E-state index contributed by atoms with van der Waals surface area (Å²) >= 11 is 0. The Morgan fingerprint density at radius 1 is 1.56 bits per heavy atom. The zero-order valence-corrected chi connectivity index (χ0v) is 11.0. The molecule has 1 atom stereocenters. The van der Waals surface area contributed by atoms with Crippen molar-refractivity contribution < 1.29 is 14.3 Å². The van der Waals surface area contributed by atoms with Gasteiger partial charge in [0, 0.05) is 17.5 Å². The van der Waals surface area contributed by atoms with Crippen LogP contribution in [-0.2, 0) is 11.2 Å². The lowest BCUT2D eigenvalue weighted by molar-refractivity contribution is -0.112. The van der Waals surface area contributed by atoms with E-state index >= 15 is 0 Å². The van der Waals surface area contributed by atoms with Crippen LogP contribution < -0.4 is 9.47 Å². The molecule has 1 heterocycles. The van der Waals surface area contributed by atoms with Gasteiger partial charge in [0.25, 0.3) is 0 Å². The summed E-state index contributed by atoms with van der Waals surface area (Å²) in [6, 6.07) is 3.96. The van der Waals surface area contributed by atoms with Crippen LogP contribution in [0.25, 0.3) is 6.08 Å². The molecule has 0 spiro atoms. The molecule has 1 aromatic carbocycles. The second kappa shape index (κ2) is 5.25. The number of rotatable bonds is 4. The quantitative estimate of drug-likeness (QED) is 0.766. The van der Waals surface area contributed by atoms with Gasteiger partial charge in [0.1, 0.15) is 17.6 Å². The Morgan fingerprint density at radius 3 is 3.00 bits per heavy atom. The van der Waals surface area contributed by atoms with Gasteiger partial charge in [-0.05, 0) is 45.1 Å². The van der Waals surface area contributed by atoms with Gasteiger partial charge in [-0.15, -0.1) is 0 Å². The van der Waals surface area contributed by atoms with E-state index in [1.807, 2.05) is 26.0 Å². The van der Waals surface area contributed by atoms with Gasteiger partial charge in [-0.1, -0.05) is 0 Å². The van der Waals surface area contributed by atoms with Gasteiger partial charge in [-0.25, -0.2) is 0 Å². The molecule has 1 aliphatic heterocycles. The normalized spacial score (nSPS) is 17.6. The summed E-state index contributed by atoms with van der Waals surface area (Å²) < 4.78 is 11.3. The highest BCUT2D eigenvalue weighted by Gasteiger charge is 2.21. The van der Waals surface area contributed by atoms with E-state index in [0.29, 0.717) is 6.61 Å². The van der Waals surface area contributed by atoms with Gasteiger partial charge in [0.15, 0.2) is 5.78 Å². The number of carbonyl (C=O) groups excluding carboxylic acids is 1. The smallest absolute Gasteiger partial charge is 0.152 e. The van der Waals surface area contributed by atoms with Crippen LogP contribution in [0.2, 0.25) is 0 Å². The molecule has 3 heteroatoms. The van der Waals surface area contributed by atoms with Crippen LogP contribution in [-0.4, -0.2) is 18.5 Å². The average Bonchev–Trinajstić information content (AvgIpc) is 2.65. The molecule has 0 radical (unpaired) electrons. The number of allylic oxidation sites excluding steroid dienone is 1. The van der Waals surface area contributed by atoms with Crippen LogP contribution in [0.5, 0.6) is 11.5 Å². The van der Waals surface area contributed by atoms with Gasteiger partial charge < -0.3 is 9.47 Å². The third-order valence-electron chi connectivity index (χ3n) is 2.83. The molecule has 1 aliphatic rings. The lowest BCUT2D eigenvalue weighted by Crippen LogP contribution is -2.05. The van der Waals surface area contributed by atoms with Crippen LogP contribution in [0, 0.1) is 0 Å². The minimum atomic E-state index is 0.0206. The molecule has 18 heavy (non-hydrogen) atoms. The van der Waals surface area contributed by atoms with Crippen LogP contribution in [0.1, 0.15) is 31.9 Å². The molecule has 3 nitrogen and oxygen atoms in total. The van der Waals surface area contributed by atoms with Crippen molar-refractivity contribution in [2.45, 2.75) is 33.3 Å². The second-order valence-corrected chi connectivity index (χ2v) is 4.51. The lowest BCUT2D eigenvalue weighted by Gasteiger charge is -2.09. The Balaban J connectivity index is 2.37. The molecule has 2 rings (SSSR count). The highest BCUT2D eigenvalue weighted by molar-refractivity contribution is 5.92. The van der Waals surface area contributed by atoms with Crippen molar-refractivity contribution in [1.82, 2.24) is 0 Å². The monoisotopic (exact) mass is 246 g/mol. The van der Waals surface area contributed by atoms with Crippen LogP contribution in [0.15, 0.2) is 18.2 Å². The fourth-order valence-electron chi connectivity index (χ4n) is 2.07. The van der Waals surface area contributed by atoms with Crippen molar-refractivity contribution in [1.29, 1.82) is 0 Å². The molecule has 0 fully saturated rings. The highest BCUT2D eigenvalue weighted by atomic mass is 16.5. The fourth-order valence-corrected chi connectivity index (χ4v) is 2.07. The van der Waals surface area contributed by atoms with Crippen LogP contribution in [0.3, 0.4) is 0 Å². The van der Waals surface area contributed by atoms with Crippen molar-refractivity contribution in [3.05, 3.63) is 29.3 Å². The predicted octanol–water partition coefficient (Wildman–Crippen LogP) is 3.01. The summed E-state index contributed by atoms with van der Waals surface area (Å²) in [4.78, 5) is 11.0. The van der Waals surface area contributed by atoms with E-state index in [1.54, 1.807) is 12.2 Å². The van der Waals surface area contributed by atoms with E-state index in [2.05, 4.69) is 0 Å². The van der Waals surface area contributed by atoms with Gasteiger partial charge >= 0.3 is 0 Å². The van der Waals surface area contributed by atoms with Crippen molar-refractivity contribution >= 4 is 11.9 Å². The highest BCUT2D eigenvalue weighted by Crippen LogP contribution is 2.35. The van der Waals surface area contributed by atoms with Crippen LogP contribution >= 0.6 is 0 Å². The zero-order chi connectivity index (χ0) is 13.1. The Bertz CT molecular complexity index is 489. The summed E-state index contributed by atoms with van der Waals surface area (Å²) in [6.07, 6.45) is 4.44. The Morgan fingerprint density at radius 2 is 2.33 bits per heavy atom. The van der Waals surface area contributed by atoms with Crippen LogP contribution in [0.4, 0.5) is 0 Å². The van der Waals surface area contributed by atoms with Gasteiger partial charge in [-0.3, -0.25) is 4.79 Å². The summed E-state index contributed by atoms with van der Waals surface area (Å²) in [7, 11) is 0. The number of fused-ring (bicyclic) bond motifs is 1. The predicted molar refractivity (Wildman–Crippen MR) is 71.1 cm³/mol. The first-order chi connectivity index (χ1) is 8.60. The number of ketones is 1. The molecule has 0 amide bonds. The summed E-state index contributed by atoms with van der Waals surface area (Å²) in [5.74, 6) is 1.73. The number of hydrogen-bond donors (Lipinski definition) is 0. The van der Waals surface area contributed by atoms with Gasteiger partial charge in [-0.2, -0.15) is 0 Å². The topological polar surface area (TPSA) is 35.5 Å². The minimum absolute atomic E-state index is 0.0206. The van der Waals surface area contributed by atoms with Crippen molar-refractivity contribution in [2.24, 2.45) is 0 Å². The standard InChI is InChI=1S/C15H18O3/c1-4-17-14-9-13-7-11(3)18-15(13)8-12(14)6-5-10(2)16/h5-6,8-9,11H,4,7H2,1-3H3. The van der Waals surface area contributed by atoms with E-state index in [4.69, 9.17) is 9.47 Å². The maximum atomic E-state index is 11.0. The molecule has 0 bridgehead atoms. The maximum absolute atomic E-state index is 11.0. The van der Waals surface area contributed by atoms with Gasteiger partial charge in [0.05, 0.1) is 6.61 Å². The summed E-state index contributed by atoms with van der Waals surface area (Å²) in [6.45, 7) is 6.13. The van der Waals surface area contributed by atoms with Gasteiger partial charge in [0.2, 0.25) is 0 Å². The molecular formula is C15H18O3. The largest absolute Gasteiger partial charge is 0.493 e. The number of ether oxygens (including phenoxy) is 2. The van der Waals surface area contributed by atoms with E-state index in [-0.39, 0.29) is 11.9 Å². The Hall–Kier alpha value is -1.77. The molecular weight excluding hydrogens is 228 g/mol. The third-order valence-corrected chi connectivity index (χ3v) is 2.83.